The monoisotopic (exact) mass is 599 g/mol. The highest BCUT2D eigenvalue weighted by Gasteiger charge is 2.21. The molecule has 0 aliphatic carbocycles. The van der Waals surface area contributed by atoms with E-state index in [0.29, 0.717) is 54.6 Å². The highest BCUT2D eigenvalue weighted by molar-refractivity contribution is 6.08. The van der Waals surface area contributed by atoms with Crippen LogP contribution in [0.4, 0.5) is 8.78 Å². The molecule has 234 valence electrons. The predicted molar refractivity (Wildman–Crippen MR) is 163 cm³/mol. The van der Waals surface area contributed by atoms with Crippen molar-refractivity contribution in [2.75, 3.05) is 26.7 Å². The van der Waals surface area contributed by atoms with E-state index >= 15 is 0 Å². The van der Waals surface area contributed by atoms with Gasteiger partial charge in [0.2, 0.25) is 23.4 Å². The third-order valence-electron chi connectivity index (χ3n) is 6.98. The summed E-state index contributed by atoms with van der Waals surface area (Å²) in [5.41, 5.74) is 0.310. The minimum Gasteiger partial charge on any atom is -0.493 e. The summed E-state index contributed by atoms with van der Waals surface area (Å²) in [6.45, 7) is 13.4. The van der Waals surface area contributed by atoms with Crippen molar-refractivity contribution in [1.82, 2.24) is 25.6 Å². The first kappa shape index (κ1) is 33.7. The fourth-order valence-electron chi connectivity index (χ4n) is 4.37. The smallest absolute Gasteiger partial charge is 0.229 e. The zero-order valence-corrected chi connectivity index (χ0v) is 25.8. The van der Waals surface area contributed by atoms with Crippen molar-refractivity contribution >= 4 is 18.5 Å². The minimum atomic E-state index is -0.798. The maximum atomic E-state index is 14.8. The number of allylic oxidation sites excluding steroid dienone is 1. The summed E-state index contributed by atoms with van der Waals surface area (Å²) < 4.78 is 45.8. The second-order valence-corrected chi connectivity index (χ2v) is 11.0. The number of nitrogens with one attached hydrogen (secondary N) is 1. The summed E-state index contributed by atoms with van der Waals surface area (Å²) in [7, 11) is 1.92. The number of aromatic nitrogens is 4. The lowest BCUT2D eigenvalue weighted by molar-refractivity contribution is 0.283. The molecule has 2 atom stereocenters. The predicted octanol–water partition coefficient (Wildman–Crippen LogP) is 6.70. The van der Waals surface area contributed by atoms with E-state index in [4.69, 9.17) is 13.8 Å². The van der Waals surface area contributed by atoms with E-state index in [1.54, 1.807) is 12.4 Å². The molecular formula is C31H43F2N7O3. The van der Waals surface area contributed by atoms with Gasteiger partial charge < -0.3 is 19.1 Å². The largest absolute Gasteiger partial charge is 0.493 e. The average Bonchev–Trinajstić information content (AvgIpc) is 3.64. The maximum Gasteiger partial charge on any atom is 0.229 e. The van der Waals surface area contributed by atoms with E-state index < -0.39 is 11.6 Å². The van der Waals surface area contributed by atoms with Crippen LogP contribution < -0.4 is 10.1 Å². The van der Waals surface area contributed by atoms with Crippen LogP contribution >= 0.6 is 0 Å². The Kier molecular flexibility index (Phi) is 13.6. The molecule has 2 unspecified atom stereocenters. The minimum absolute atomic E-state index is 0.00207. The normalized spacial score (nSPS) is 13.6. The van der Waals surface area contributed by atoms with Gasteiger partial charge >= 0.3 is 0 Å². The number of nitrogens with zero attached hydrogens (tertiary/aromatic N) is 6. The topological polar surface area (TPSA) is 124 Å². The first-order valence-corrected chi connectivity index (χ1v) is 14.8. The first-order chi connectivity index (χ1) is 20.7. The summed E-state index contributed by atoms with van der Waals surface area (Å²) in [6, 6.07) is 2.31. The van der Waals surface area contributed by atoms with E-state index in [2.05, 4.69) is 56.1 Å². The molecule has 0 bridgehead atoms. The highest BCUT2D eigenvalue weighted by atomic mass is 19.1. The van der Waals surface area contributed by atoms with Crippen molar-refractivity contribution in [1.29, 1.82) is 0 Å². The van der Waals surface area contributed by atoms with Gasteiger partial charge in [0.25, 0.3) is 0 Å². The average molecular weight is 600 g/mol. The molecule has 0 aliphatic heterocycles. The van der Waals surface area contributed by atoms with Gasteiger partial charge in [0.1, 0.15) is 17.4 Å². The fourth-order valence-corrected chi connectivity index (χ4v) is 4.37. The molecule has 10 nitrogen and oxygen atoms in total. The maximum absolute atomic E-state index is 14.8. The number of aliphatic imine (C=N–C) groups is 2. The molecule has 1 N–H and O–H groups in total. The lowest BCUT2D eigenvalue weighted by Gasteiger charge is -2.16. The number of hydrogen-bond acceptors (Lipinski definition) is 10. The van der Waals surface area contributed by atoms with Crippen LogP contribution in [0.15, 0.2) is 37.4 Å². The Hall–Kier alpha value is -3.80. The standard InChI is InChI=1S/C31H43F2N7O3/c1-7-21(4)31-38-30(40-43-31)28-25(32)16-24(17-26(28)33)41-14-8-9-22(10-12-34-5)11-13-36-19-23(18-35-6)29-37-27(42-39-29)15-20(2)3/h16-22,34H,6-15H2,1-5H3/b23-18+,36-19-. The Morgan fingerprint density at radius 1 is 1.09 bits per heavy atom. The molecule has 43 heavy (non-hydrogen) atoms. The molecule has 2 heterocycles. The van der Waals surface area contributed by atoms with Crippen molar-refractivity contribution in [2.45, 2.75) is 72.1 Å². The fraction of sp³-hybridized carbons (Fsp3) is 0.548. The molecule has 3 aromatic rings. The van der Waals surface area contributed by atoms with Gasteiger partial charge in [-0.3, -0.25) is 9.98 Å². The summed E-state index contributed by atoms with van der Waals surface area (Å²) in [5, 5.41) is 11.0. The summed E-state index contributed by atoms with van der Waals surface area (Å²) in [5.74, 6) is 0.566. The first-order valence-electron chi connectivity index (χ1n) is 14.8. The third kappa shape index (κ3) is 10.5. The lowest BCUT2D eigenvalue weighted by atomic mass is 9.96. The van der Waals surface area contributed by atoms with Crippen LogP contribution in [0.25, 0.3) is 17.0 Å². The second kappa shape index (κ2) is 17.3. The van der Waals surface area contributed by atoms with Crippen LogP contribution in [0.1, 0.15) is 83.3 Å². The van der Waals surface area contributed by atoms with Crippen molar-refractivity contribution in [3.63, 3.8) is 0 Å². The summed E-state index contributed by atoms with van der Waals surface area (Å²) >= 11 is 0. The van der Waals surface area contributed by atoms with Crippen molar-refractivity contribution < 1.29 is 22.6 Å². The Balaban J connectivity index is 1.52. The lowest BCUT2D eigenvalue weighted by Crippen LogP contribution is -2.15. The van der Waals surface area contributed by atoms with Gasteiger partial charge in [0.05, 0.1) is 17.7 Å². The quantitative estimate of drug-likeness (QED) is 0.119. The molecular weight excluding hydrogens is 556 g/mol. The van der Waals surface area contributed by atoms with Crippen LogP contribution in [0.3, 0.4) is 0 Å². The molecule has 1 aromatic carbocycles. The van der Waals surface area contributed by atoms with Crippen LogP contribution in [-0.2, 0) is 6.42 Å². The zero-order valence-electron chi connectivity index (χ0n) is 25.8. The number of ether oxygens (including phenoxy) is 1. The van der Waals surface area contributed by atoms with E-state index in [9.17, 15) is 8.78 Å². The van der Waals surface area contributed by atoms with Gasteiger partial charge in [-0.2, -0.15) is 9.97 Å². The molecule has 3 rings (SSSR count). The molecule has 0 spiro atoms. The third-order valence-corrected chi connectivity index (χ3v) is 6.98. The number of hydrogen-bond donors (Lipinski definition) is 1. The number of benzene rings is 1. The molecule has 0 amide bonds. The van der Waals surface area contributed by atoms with Gasteiger partial charge in [-0.05, 0) is 64.2 Å². The SMILES string of the molecule is C=N/C=C(\C=N/CCC(CCCOc1cc(F)c(-c2noc(C(C)CC)n2)c(F)c1)CCNC)c1noc(CC(C)C)n1. The zero-order chi connectivity index (χ0) is 31.2. The van der Waals surface area contributed by atoms with Gasteiger partial charge in [0.15, 0.2) is 0 Å². The van der Waals surface area contributed by atoms with Crippen LogP contribution in [0.2, 0.25) is 0 Å². The van der Waals surface area contributed by atoms with Crippen molar-refractivity contribution in [3.8, 4) is 17.1 Å². The molecule has 0 saturated heterocycles. The molecule has 0 aliphatic rings. The molecule has 0 fully saturated rings. The number of halogens is 2. The summed E-state index contributed by atoms with van der Waals surface area (Å²) in [6.07, 6.45) is 8.16. The van der Waals surface area contributed by atoms with E-state index in [1.807, 2.05) is 20.9 Å². The highest BCUT2D eigenvalue weighted by Crippen LogP contribution is 2.29. The van der Waals surface area contributed by atoms with Gasteiger partial charge in [-0.15, -0.1) is 0 Å². The molecule has 0 radical (unpaired) electrons. The Morgan fingerprint density at radius 2 is 1.86 bits per heavy atom. The molecule has 2 aromatic heterocycles. The van der Waals surface area contributed by atoms with E-state index in [0.717, 1.165) is 50.8 Å². The number of rotatable bonds is 19. The van der Waals surface area contributed by atoms with Crippen LogP contribution in [0.5, 0.6) is 5.75 Å². The van der Waals surface area contributed by atoms with Gasteiger partial charge in [-0.1, -0.05) is 38.0 Å². The molecule has 12 heteroatoms. The van der Waals surface area contributed by atoms with Gasteiger partial charge in [-0.25, -0.2) is 8.78 Å². The Labute approximate surface area is 252 Å². The van der Waals surface area contributed by atoms with Crippen LogP contribution in [0, 0.1) is 23.5 Å². The Morgan fingerprint density at radius 3 is 2.53 bits per heavy atom. The summed E-state index contributed by atoms with van der Waals surface area (Å²) in [4.78, 5) is 17.0. The van der Waals surface area contributed by atoms with Crippen molar-refractivity contribution in [2.24, 2.45) is 21.8 Å². The Bertz CT molecular complexity index is 1330. The van der Waals surface area contributed by atoms with Crippen molar-refractivity contribution in [3.05, 3.63) is 47.6 Å². The van der Waals surface area contributed by atoms with Crippen LogP contribution in [-0.4, -0.2) is 60.0 Å². The van der Waals surface area contributed by atoms with Gasteiger partial charge in [0, 0.05) is 43.4 Å². The van der Waals surface area contributed by atoms with E-state index in [-0.39, 0.29) is 23.1 Å². The molecule has 0 saturated carbocycles. The second-order valence-electron chi connectivity index (χ2n) is 11.0. The van der Waals surface area contributed by atoms with E-state index in [1.165, 1.54) is 0 Å².